The molecule has 0 radical (unpaired) electrons. The molecule has 5 rings (SSSR count). The molecule has 1 N–H and O–H groups in total. The maximum atomic E-state index is 14.0. The third kappa shape index (κ3) is 4.28. The highest BCUT2D eigenvalue weighted by atomic mass is 19.1. The van der Waals surface area contributed by atoms with Crippen molar-refractivity contribution in [2.24, 2.45) is 0 Å². The third-order valence-electron chi connectivity index (χ3n) is 5.80. The number of halogens is 3. The van der Waals surface area contributed by atoms with Crippen LogP contribution in [0, 0.1) is 17.5 Å². The van der Waals surface area contributed by atoms with Crippen LogP contribution in [0.1, 0.15) is 24.4 Å². The Hall–Kier alpha value is -4.60. The highest BCUT2D eigenvalue weighted by molar-refractivity contribution is 6.01. The molecule has 10 heteroatoms. The Morgan fingerprint density at radius 2 is 1.61 bits per heavy atom. The van der Waals surface area contributed by atoms with Crippen molar-refractivity contribution in [3.05, 3.63) is 101 Å². The van der Waals surface area contributed by atoms with Gasteiger partial charge in [-0.15, -0.1) is 0 Å². The number of carbonyl (C=O) groups is 1. The van der Waals surface area contributed by atoms with E-state index in [1.165, 1.54) is 24.3 Å². The van der Waals surface area contributed by atoms with Gasteiger partial charge in [0.1, 0.15) is 23.2 Å². The van der Waals surface area contributed by atoms with Crippen molar-refractivity contribution >= 4 is 17.3 Å². The van der Waals surface area contributed by atoms with E-state index in [0.717, 1.165) is 17.0 Å². The monoisotopic (exact) mass is 492 g/mol. The van der Waals surface area contributed by atoms with Crippen molar-refractivity contribution in [1.82, 2.24) is 15.5 Å². The van der Waals surface area contributed by atoms with Crippen LogP contribution in [-0.4, -0.2) is 23.3 Å². The number of hydrogen-bond acceptors (Lipinski definition) is 5. The van der Waals surface area contributed by atoms with Gasteiger partial charge in [0.05, 0.1) is 24.4 Å². The first-order valence-electron chi connectivity index (χ1n) is 10.9. The van der Waals surface area contributed by atoms with Gasteiger partial charge in [0.2, 0.25) is 5.82 Å². The molecule has 0 saturated heterocycles. The normalized spacial score (nSPS) is 15.8. The lowest BCUT2D eigenvalue weighted by atomic mass is 9.94. The number of ether oxygens (including phenoxy) is 1. The van der Waals surface area contributed by atoms with Gasteiger partial charge in [-0.05, 0) is 61.0 Å². The van der Waals surface area contributed by atoms with Gasteiger partial charge < -0.3 is 14.6 Å². The number of nitrogens with one attached hydrogen (secondary N) is 1. The molecule has 0 aliphatic carbocycles. The quantitative estimate of drug-likeness (QED) is 0.377. The summed E-state index contributed by atoms with van der Waals surface area (Å²) < 4.78 is 52.3. The van der Waals surface area contributed by atoms with Gasteiger partial charge >= 0.3 is 6.03 Å². The molecule has 1 atom stereocenters. The highest BCUT2D eigenvalue weighted by Crippen LogP contribution is 2.39. The Balaban J connectivity index is 1.64. The Kier molecular flexibility index (Phi) is 5.93. The van der Waals surface area contributed by atoms with Gasteiger partial charge in [-0.3, -0.25) is 4.90 Å². The zero-order valence-corrected chi connectivity index (χ0v) is 19.1. The summed E-state index contributed by atoms with van der Waals surface area (Å²) in [4.78, 5) is 18.8. The lowest BCUT2D eigenvalue weighted by molar-refractivity contribution is 0.244. The minimum absolute atomic E-state index is 0.0209. The number of amides is 2. The smallest absolute Gasteiger partial charge is 0.327 e. The molecule has 2 heterocycles. The molecule has 4 aromatic rings. The highest BCUT2D eigenvalue weighted by Gasteiger charge is 2.36. The SMILES string of the molecule is COc1ccc(-c2noc(C3=C(C)N(c4cc(F)cc(F)c4)C(=O)NC3c3ccc(F)cc3)n2)cc1. The van der Waals surface area contributed by atoms with E-state index in [1.807, 2.05) is 0 Å². The number of anilines is 1. The van der Waals surface area contributed by atoms with Crippen molar-refractivity contribution < 1.29 is 27.2 Å². The Morgan fingerprint density at radius 3 is 2.25 bits per heavy atom. The van der Waals surface area contributed by atoms with E-state index in [4.69, 9.17) is 9.26 Å². The summed E-state index contributed by atoms with van der Waals surface area (Å²) in [6.07, 6.45) is 0. The molecule has 36 heavy (non-hydrogen) atoms. The van der Waals surface area contributed by atoms with E-state index < -0.39 is 29.5 Å². The fourth-order valence-electron chi connectivity index (χ4n) is 4.09. The van der Waals surface area contributed by atoms with Crippen molar-refractivity contribution in [3.8, 4) is 17.1 Å². The van der Waals surface area contributed by atoms with Crippen LogP contribution in [0.3, 0.4) is 0 Å². The van der Waals surface area contributed by atoms with Crippen molar-refractivity contribution in [2.75, 3.05) is 12.0 Å². The second kappa shape index (κ2) is 9.21. The number of allylic oxidation sites excluding steroid dienone is 1. The van der Waals surface area contributed by atoms with Gasteiger partial charge in [-0.1, -0.05) is 17.3 Å². The molecular weight excluding hydrogens is 473 g/mol. The summed E-state index contributed by atoms with van der Waals surface area (Å²) in [6, 6.07) is 13.9. The molecule has 1 unspecified atom stereocenters. The maximum Gasteiger partial charge on any atom is 0.327 e. The van der Waals surface area contributed by atoms with Crippen molar-refractivity contribution in [1.29, 1.82) is 0 Å². The number of benzene rings is 3. The maximum absolute atomic E-state index is 14.0. The first-order chi connectivity index (χ1) is 17.3. The zero-order valence-electron chi connectivity index (χ0n) is 19.1. The minimum atomic E-state index is -0.840. The van der Waals surface area contributed by atoms with Crippen LogP contribution >= 0.6 is 0 Å². The van der Waals surface area contributed by atoms with Crippen LogP contribution in [0.15, 0.2) is 77.0 Å². The zero-order chi connectivity index (χ0) is 25.4. The average Bonchev–Trinajstić information content (AvgIpc) is 3.33. The van der Waals surface area contributed by atoms with E-state index in [0.29, 0.717) is 34.2 Å². The van der Waals surface area contributed by atoms with Gasteiger partial charge in [0, 0.05) is 17.3 Å². The molecule has 2 amide bonds. The van der Waals surface area contributed by atoms with Crippen LogP contribution in [0.25, 0.3) is 17.0 Å². The number of methoxy groups -OCH3 is 1. The van der Waals surface area contributed by atoms with E-state index in [2.05, 4.69) is 15.5 Å². The molecule has 7 nitrogen and oxygen atoms in total. The lowest BCUT2D eigenvalue weighted by Crippen LogP contribution is -2.46. The predicted molar refractivity (Wildman–Crippen MR) is 125 cm³/mol. The second-order valence-electron chi connectivity index (χ2n) is 8.05. The summed E-state index contributed by atoms with van der Waals surface area (Å²) in [5.74, 6) is -1.11. The van der Waals surface area contributed by atoms with E-state index in [9.17, 15) is 18.0 Å². The average molecular weight is 492 g/mol. The molecular formula is C26H19F3N4O3. The van der Waals surface area contributed by atoms with Gasteiger partial charge in [0.25, 0.3) is 5.89 Å². The van der Waals surface area contributed by atoms with Crippen molar-refractivity contribution in [2.45, 2.75) is 13.0 Å². The number of rotatable bonds is 5. The van der Waals surface area contributed by atoms with E-state index in [-0.39, 0.29) is 17.4 Å². The summed E-state index contributed by atoms with van der Waals surface area (Å²) in [5.41, 5.74) is 1.88. The largest absolute Gasteiger partial charge is 0.497 e. The van der Waals surface area contributed by atoms with E-state index in [1.54, 1.807) is 38.3 Å². The van der Waals surface area contributed by atoms with Crippen molar-refractivity contribution in [3.63, 3.8) is 0 Å². The lowest BCUT2D eigenvalue weighted by Gasteiger charge is -2.35. The Labute approximate surface area is 203 Å². The Morgan fingerprint density at radius 1 is 0.944 bits per heavy atom. The minimum Gasteiger partial charge on any atom is -0.497 e. The van der Waals surface area contributed by atoms with Gasteiger partial charge in [-0.25, -0.2) is 18.0 Å². The summed E-state index contributed by atoms with van der Waals surface area (Å²) in [7, 11) is 1.56. The topological polar surface area (TPSA) is 80.5 Å². The molecule has 1 aliphatic rings. The van der Waals surface area contributed by atoms with Crippen LogP contribution in [-0.2, 0) is 0 Å². The molecule has 0 bridgehead atoms. The van der Waals surface area contributed by atoms with Crippen LogP contribution < -0.4 is 15.0 Å². The number of nitrogens with zero attached hydrogens (tertiary/aromatic N) is 3. The third-order valence-corrected chi connectivity index (χ3v) is 5.80. The summed E-state index contributed by atoms with van der Waals surface area (Å²) in [5, 5.41) is 6.87. The number of aromatic nitrogens is 2. The predicted octanol–water partition coefficient (Wildman–Crippen LogP) is 5.86. The van der Waals surface area contributed by atoms with Crippen LogP contribution in [0.5, 0.6) is 5.75 Å². The first kappa shape index (κ1) is 23.2. The van der Waals surface area contributed by atoms with Crippen LogP contribution in [0.4, 0.5) is 23.7 Å². The molecule has 1 aliphatic heterocycles. The summed E-state index contributed by atoms with van der Waals surface area (Å²) in [6.45, 7) is 1.60. The Bertz CT molecular complexity index is 1450. The first-order valence-corrected chi connectivity index (χ1v) is 10.9. The number of urea groups is 1. The van der Waals surface area contributed by atoms with Gasteiger partial charge in [0.15, 0.2) is 0 Å². The molecule has 0 saturated carbocycles. The standard InChI is InChI=1S/C26H19F3N4O3/c1-14-22(25-31-24(32-36-25)16-5-9-21(35-2)10-6-16)23(15-3-7-17(27)8-4-15)30-26(34)33(14)20-12-18(28)11-19(29)13-20/h3-13,23H,1-2H3,(H,30,34). The van der Waals surface area contributed by atoms with Gasteiger partial charge in [-0.2, -0.15) is 4.98 Å². The fourth-order valence-corrected chi connectivity index (χ4v) is 4.09. The molecule has 1 aromatic heterocycles. The fraction of sp³-hybridized carbons (Fsp3) is 0.115. The molecule has 182 valence electrons. The number of carbonyl (C=O) groups excluding carboxylic acids is 1. The molecule has 0 spiro atoms. The summed E-state index contributed by atoms with van der Waals surface area (Å²) >= 11 is 0. The van der Waals surface area contributed by atoms with Crippen LogP contribution in [0.2, 0.25) is 0 Å². The second-order valence-corrected chi connectivity index (χ2v) is 8.05. The van der Waals surface area contributed by atoms with E-state index >= 15 is 0 Å². The number of hydrogen-bond donors (Lipinski definition) is 1. The molecule has 3 aromatic carbocycles. The molecule has 0 fully saturated rings.